The summed E-state index contributed by atoms with van der Waals surface area (Å²) in [6.07, 6.45) is 2.86. The predicted molar refractivity (Wildman–Crippen MR) is 104 cm³/mol. The Morgan fingerprint density at radius 1 is 1.08 bits per heavy atom. The maximum absolute atomic E-state index is 4.46. The highest BCUT2D eigenvalue weighted by Gasteiger charge is 2.24. The van der Waals surface area contributed by atoms with Crippen LogP contribution in [0.2, 0.25) is 0 Å². The number of fused-ring (bicyclic) bond motifs is 3. The molecule has 3 nitrogen and oxygen atoms in total. The summed E-state index contributed by atoms with van der Waals surface area (Å²) in [6.45, 7) is 5.28. The molecule has 1 aromatic carbocycles. The van der Waals surface area contributed by atoms with E-state index in [4.69, 9.17) is 0 Å². The van der Waals surface area contributed by atoms with E-state index in [1.807, 2.05) is 12.3 Å². The first kappa shape index (κ1) is 18.8. The van der Waals surface area contributed by atoms with Crippen LogP contribution in [0.3, 0.4) is 0 Å². The van der Waals surface area contributed by atoms with Crippen LogP contribution in [-0.4, -0.2) is 21.5 Å². The minimum atomic E-state index is 0. The molecule has 3 aromatic rings. The molecule has 2 aromatic heterocycles. The average molecular weight is 364 g/mol. The summed E-state index contributed by atoms with van der Waals surface area (Å²) < 4.78 is 2.50. The summed E-state index contributed by atoms with van der Waals surface area (Å²) in [5.41, 5.74) is 6.88. The minimum Gasteiger partial charge on any atom is -0.343 e. The van der Waals surface area contributed by atoms with Gasteiger partial charge < -0.3 is 4.57 Å². The predicted octanol–water partition coefficient (Wildman–Crippen LogP) is 4.38. The Labute approximate surface area is 155 Å². The van der Waals surface area contributed by atoms with E-state index in [0.717, 1.165) is 31.7 Å². The highest BCUT2D eigenvalue weighted by molar-refractivity contribution is 5.87. The normalized spacial score (nSPS) is 13.4. The number of nitrogens with zero attached hydrogens (tertiary/aromatic N) is 3. The van der Waals surface area contributed by atoms with Crippen molar-refractivity contribution < 1.29 is 0 Å². The number of rotatable bonds is 3. The monoisotopic (exact) mass is 363 g/mol. The van der Waals surface area contributed by atoms with E-state index >= 15 is 0 Å². The van der Waals surface area contributed by atoms with Crippen molar-refractivity contribution >= 4 is 35.7 Å². The third-order valence-corrected chi connectivity index (χ3v) is 4.61. The first-order valence-corrected chi connectivity index (χ1v) is 7.91. The van der Waals surface area contributed by atoms with Gasteiger partial charge in [-0.3, -0.25) is 9.88 Å². The number of pyridine rings is 1. The van der Waals surface area contributed by atoms with E-state index in [1.54, 1.807) is 0 Å². The molecule has 1 aliphatic heterocycles. The van der Waals surface area contributed by atoms with Gasteiger partial charge in [0, 0.05) is 54.5 Å². The molecular weight excluding hydrogens is 341 g/mol. The zero-order valence-corrected chi connectivity index (χ0v) is 15.7. The Morgan fingerprint density at radius 3 is 2.67 bits per heavy atom. The molecule has 0 saturated carbocycles. The Balaban J connectivity index is 0.00000104. The largest absolute Gasteiger partial charge is 0.343 e. The molecule has 0 atom stereocenters. The maximum Gasteiger partial charge on any atom is 0.0486 e. The second-order valence-corrected chi connectivity index (χ2v) is 6.34. The number of halogens is 2. The lowest BCUT2D eigenvalue weighted by Gasteiger charge is -2.12. The summed E-state index contributed by atoms with van der Waals surface area (Å²) >= 11 is 0. The molecule has 0 saturated heterocycles. The lowest BCUT2D eigenvalue weighted by molar-refractivity contribution is 0.347. The lowest BCUT2D eigenvalue weighted by Crippen LogP contribution is -2.12. The molecular formula is C19H23Cl2N3. The van der Waals surface area contributed by atoms with Crippen LogP contribution in [0.25, 0.3) is 10.9 Å². The Bertz CT molecular complexity index is 827. The van der Waals surface area contributed by atoms with E-state index < -0.39 is 0 Å². The third-order valence-electron chi connectivity index (χ3n) is 4.61. The number of hydrogen-bond acceptors (Lipinski definition) is 2. The van der Waals surface area contributed by atoms with Crippen LogP contribution in [-0.2, 0) is 26.1 Å². The van der Waals surface area contributed by atoms with Crippen LogP contribution in [0, 0.1) is 6.92 Å². The van der Waals surface area contributed by atoms with Crippen LogP contribution in [0.1, 0.15) is 22.5 Å². The third kappa shape index (κ3) is 3.30. The number of aryl methyl sites for hydroxylation is 3. The summed E-state index contributed by atoms with van der Waals surface area (Å²) in [7, 11) is 2.20. The first-order chi connectivity index (χ1) is 10.7. The van der Waals surface area contributed by atoms with E-state index in [9.17, 15) is 0 Å². The molecule has 24 heavy (non-hydrogen) atoms. The van der Waals surface area contributed by atoms with Crippen molar-refractivity contribution in [3.63, 3.8) is 0 Å². The van der Waals surface area contributed by atoms with Crippen molar-refractivity contribution in [2.45, 2.75) is 33.0 Å². The number of aromatic nitrogens is 2. The zero-order valence-electron chi connectivity index (χ0n) is 14.0. The van der Waals surface area contributed by atoms with Gasteiger partial charge in [0.1, 0.15) is 0 Å². The topological polar surface area (TPSA) is 21.1 Å². The van der Waals surface area contributed by atoms with Crippen LogP contribution in [0.4, 0.5) is 0 Å². The van der Waals surface area contributed by atoms with Gasteiger partial charge in [0.15, 0.2) is 0 Å². The lowest BCUT2D eigenvalue weighted by atomic mass is 10.1. The smallest absolute Gasteiger partial charge is 0.0486 e. The molecule has 0 N–H and O–H groups in total. The zero-order chi connectivity index (χ0) is 15.1. The molecule has 1 aliphatic rings. The van der Waals surface area contributed by atoms with E-state index in [2.05, 4.69) is 58.8 Å². The van der Waals surface area contributed by atoms with Crippen molar-refractivity contribution in [1.29, 1.82) is 0 Å². The number of hydrogen-bond donors (Lipinski definition) is 0. The fraction of sp³-hybridized carbons (Fsp3) is 0.316. The van der Waals surface area contributed by atoms with Crippen molar-refractivity contribution in [1.82, 2.24) is 14.5 Å². The van der Waals surface area contributed by atoms with Gasteiger partial charge in [-0.2, -0.15) is 0 Å². The van der Waals surface area contributed by atoms with Crippen LogP contribution in [0.15, 0.2) is 42.6 Å². The van der Waals surface area contributed by atoms with Gasteiger partial charge in [-0.1, -0.05) is 17.7 Å². The highest BCUT2D eigenvalue weighted by Crippen LogP contribution is 2.33. The summed E-state index contributed by atoms with van der Waals surface area (Å²) in [5, 5.41) is 1.43. The molecule has 0 amide bonds. The van der Waals surface area contributed by atoms with Crippen molar-refractivity contribution in [3.05, 3.63) is 65.1 Å². The van der Waals surface area contributed by atoms with Gasteiger partial charge in [-0.05, 0) is 43.8 Å². The Hall–Kier alpha value is -1.55. The SMILES string of the molecule is Cc1ccc2c(c1)c1c(n2CCc2ccccn2)CN(C)C1.Cl.Cl. The quantitative estimate of drug-likeness (QED) is 0.688. The van der Waals surface area contributed by atoms with E-state index in [1.165, 1.54) is 27.7 Å². The molecule has 3 heterocycles. The molecule has 0 aliphatic carbocycles. The van der Waals surface area contributed by atoms with Gasteiger partial charge in [-0.25, -0.2) is 0 Å². The summed E-state index contributed by atoms with van der Waals surface area (Å²) in [6, 6.07) is 13.0. The van der Waals surface area contributed by atoms with Crippen molar-refractivity contribution in [2.24, 2.45) is 0 Å². The van der Waals surface area contributed by atoms with E-state index in [0.29, 0.717) is 0 Å². The summed E-state index contributed by atoms with van der Waals surface area (Å²) in [4.78, 5) is 6.85. The first-order valence-electron chi connectivity index (χ1n) is 7.91. The van der Waals surface area contributed by atoms with Gasteiger partial charge in [0.25, 0.3) is 0 Å². The molecule has 5 heteroatoms. The molecule has 0 unspecified atom stereocenters. The van der Waals surface area contributed by atoms with Crippen molar-refractivity contribution in [2.75, 3.05) is 7.05 Å². The van der Waals surface area contributed by atoms with Gasteiger partial charge >= 0.3 is 0 Å². The fourth-order valence-corrected chi connectivity index (χ4v) is 3.56. The standard InChI is InChI=1S/C19H21N3.2ClH/c1-14-6-7-18-16(11-14)17-12-21(2)13-19(17)22(18)10-8-15-5-3-4-9-20-15;;/h3-7,9,11H,8,10,12-13H2,1-2H3;2*1H. The van der Waals surface area contributed by atoms with Crippen LogP contribution < -0.4 is 0 Å². The summed E-state index contributed by atoms with van der Waals surface area (Å²) in [5.74, 6) is 0. The Kier molecular flexibility index (Phi) is 5.92. The number of benzene rings is 1. The van der Waals surface area contributed by atoms with Crippen LogP contribution in [0.5, 0.6) is 0 Å². The van der Waals surface area contributed by atoms with Gasteiger partial charge in [0.2, 0.25) is 0 Å². The van der Waals surface area contributed by atoms with Gasteiger partial charge in [-0.15, -0.1) is 24.8 Å². The van der Waals surface area contributed by atoms with Gasteiger partial charge in [0.05, 0.1) is 0 Å². The second kappa shape index (κ2) is 7.56. The minimum absolute atomic E-state index is 0. The Morgan fingerprint density at radius 2 is 1.92 bits per heavy atom. The average Bonchev–Trinajstić information content (AvgIpc) is 3.02. The van der Waals surface area contributed by atoms with Crippen LogP contribution >= 0.6 is 24.8 Å². The maximum atomic E-state index is 4.46. The molecule has 0 bridgehead atoms. The second-order valence-electron chi connectivity index (χ2n) is 6.34. The fourth-order valence-electron chi connectivity index (χ4n) is 3.56. The highest BCUT2D eigenvalue weighted by atomic mass is 35.5. The molecule has 0 spiro atoms. The molecule has 128 valence electrons. The molecule has 0 radical (unpaired) electrons. The van der Waals surface area contributed by atoms with Crippen molar-refractivity contribution in [3.8, 4) is 0 Å². The molecule has 4 rings (SSSR count). The van der Waals surface area contributed by atoms with E-state index in [-0.39, 0.29) is 24.8 Å². The molecule has 0 fully saturated rings.